The minimum absolute atomic E-state index is 0.153. The highest BCUT2D eigenvalue weighted by Crippen LogP contribution is 2.30. The molecule has 0 amide bonds. The zero-order valence-electron chi connectivity index (χ0n) is 14.6. The molecule has 0 spiro atoms. The number of ether oxygens (including phenoxy) is 1. The van der Waals surface area contributed by atoms with Gasteiger partial charge in [0.2, 0.25) is 5.13 Å². The van der Waals surface area contributed by atoms with E-state index in [1.54, 1.807) is 17.6 Å². The molecular formula is C20H21N3OS. The van der Waals surface area contributed by atoms with Gasteiger partial charge in [-0.25, -0.2) is 4.98 Å². The zero-order chi connectivity index (χ0) is 17.6. The third-order valence-corrected chi connectivity index (χ3v) is 4.32. The minimum Gasteiger partial charge on any atom is -0.491 e. The standard InChI is InChI=1S/C20H21N3OS/c1-14(2)24-18-11-7-8-16(12-18)13-21-23-20-22-19(15(3)25-20)17-9-5-4-6-10-17/h4-14H,1-3H3,(H,22,23)/b21-13+. The smallest absolute Gasteiger partial charge is 0.204 e. The summed E-state index contributed by atoms with van der Waals surface area (Å²) < 4.78 is 5.70. The van der Waals surface area contributed by atoms with Crippen molar-refractivity contribution in [3.63, 3.8) is 0 Å². The molecule has 3 rings (SSSR count). The van der Waals surface area contributed by atoms with E-state index in [0.29, 0.717) is 0 Å². The molecule has 128 valence electrons. The highest BCUT2D eigenvalue weighted by Gasteiger charge is 2.08. The molecule has 0 bridgehead atoms. The maximum Gasteiger partial charge on any atom is 0.204 e. The summed E-state index contributed by atoms with van der Waals surface area (Å²) in [6, 6.07) is 18.0. The molecule has 1 heterocycles. The van der Waals surface area contributed by atoms with Crippen molar-refractivity contribution in [3.8, 4) is 17.0 Å². The number of hydrogen-bond acceptors (Lipinski definition) is 5. The number of nitrogens with zero attached hydrogens (tertiary/aromatic N) is 2. The number of rotatable bonds is 6. The molecule has 0 fully saturated rings. The van der Waals surface area contributed by atoms with Crippen LogP contribution in [0, 0.1) is 6.92 Å². The first-order chi connectivity index (χ1) is 12.1. The van der Waals surface area contributed by atoms with E-state index >= 15 is 0 Å². The van der Waals surface area contributed by atoms with Crippen LogP contribution >= 0.6 is 11.3 Å². The molecule has 0 saturated heterocycles. The molecule has 25 heavy (non-hydrogen) atoms. The van der Waals surface area contributed by atoms with E-state index in [0.717, 1.165) is 32.6 Å². The highest BCUT2D eigenvalue weighted by atomic mass is 32.1. The average Bonchev–Trinajstić information content (AvgIpc) is 2.96. The summed E-state index contributed by atoms with van der Waals surface area (Å²) >= 11 is 1.60. The van der Waals surface area contributed by atoms with Crippen LogP contribution in [0.5, 0.6) is 5.75 Å². The van der Waals surface area contributed by atoms with E-state index in [1.165, 1.54) is 0 Å². The van der Waals surface area contributed by atoms with Crippen LogP contribution in [0.25, 0.3) is 11.3 Å². The summed E-state index contributed by atoms with van der Waals surface area (Å²) in [6.07, 6.45) is 1.92. The number of hydrazone groups is 1. The topological polar surface area (TPSA) is 46.5 Å². The molecule has 0 unspecified atom stereocenters. The molecule has 0 radical (unpaired) electrons. The third kappa shape index (κ3) is 4.67. The zero-order valence-corrected chi connectivity index (χ0v) is 15.4. The van der Waals surface area contributed by atoms with Crippen molar-refractivity contribution in [3.05, 3.63) is 65.0 Å². The van der Waals surface area contributed by atoms with Gasteiger partial charge in [-0.05, 0) is 38.5 Å². The van der Waals surface area contributed by atoms with E-state index in [9.17, 15) is 0 Å². The summed E-state index contributed by atoms with van der Waals surface area (Å²) in [5.74, 6) is 0.843. The quantitative estimate of drug-likeness (QED) is 0.481. The Morgan fingerprint density at radius 1 is 1.12 bits per heavy atom. The van der Waals surface area contributed by atoms with Crippen molar-refractivity contribution in [2.45, 2.75) is 26.9 Å². The summed E-state index contributed by atoms with van der Waals surface area (Å²) in [5.41, 5.74) is 6.11. The van der Waals surface area contributed by atoms with Gasteiger partial charge in [-0.15, -0.1) is 11.3 Å². The van der Waals surface area contributed by atoms with Gasteiger partial charge in [-0.1, -0.05) is 42.5 Å². The Labute approximate surface area is 152 Å². The van der Waals surface area contributed by atoms with E-state index in [2.05, 4.69) is 34.6 Å². The van der Waals surface area contributed by atoms with Gasteiger partial charge in [0.25, 0.3) is 0 Å². The van der Waals surface area contributed by atoms with Gasteiger partial charge in [0, 0.05) is 10.4 Å². The first-order valence-corrected chi connectivity index (χ1v) is 9.02. The lowest BCUT2D eigenvalue weighted by molar-refractivity contribution is 0.242. The van der Waals surface area contributed by atoms with Gasteiger partial charge < -0.3 is 4.74 Å². The second kappa shape index (κ2) is 7.94. The first-order valence-electron chi connectivity index (χ1n) is 8.20. The fraction of sp³-hybridized carbons (Fsp3) is 0.200. The van der Waals surface area contributed by atoms with Crippen molar-refractivity contribution in [2.24, 2.45) is 5.10 Å². The molecule has 1 aromatic heterocycles. The molecule has 4 nitrogen and oxygen atoms in total. The summed E-state index contributed by atoms with van der Waals surface area (Å²) in [6.45, 7) is 6.09. The predicted molar refractivity (Wildman–Crippen MR) is 106 cm³/mol. The van der Waals surface area contributed by atoms with Crippen LogP contribution in [0.3, 0.4) is 0 Å². The Hall–Kier alpha value is -2.66. The van der Waals surface area contributed by atoms with Crippen LogP contribution in [-0.2, 0) is 0 Å². The van der Waals surface area contributed by atoms with E-state index in [1.807, 2.05) is 56.3 Å². The lowest BCUT2D eigenvalue weighted by atomic mass is 10.1. The van der Waals surface area contributed by atoms with Gasteiger partial charge in [-0.2, -0.15) is 5.10 Å². The van der Waals surface area contributed by atoms with Crippen LogP contribution in [-0.4, -0.2) is 17.3 Å². The first kappa shape index (κ1) is 17.2. The van der Waals surface area contributed by atoms with Gasteiger partial charge in [0.15, 0.2) is 0 Å². The molecule has 5 heteroatoms. The molecule has 2 aromatic carbocycles. The normalized spacial score (nSPS) is 11.2. The molecule has 0 aliphatic carbocycles. The van der Waals surface area contributed by atoms with Gasteiger partial charge >= 0.3 is 0 Å². The van der Waals surface area contributed by atoms with E-state index in [-0.39, 0.29) is 6.10 Å². The Bertz CT molecular complexity index is 856. The third-order valence-electron chi connectivity index (χ3n) is 3.45. The maximum atomic E-state index is 5.70. The van der Waals surface area contributed by atoms with Crippen LogP contribution in [0.15, 0.2) is 59.7 Å². The number of benzene rings is 2. The highest BCUT2D eigenvalue weighted by molar-refractivity contribution is 7.15. The van der Waals surface area contributed by atoms with Crippen LogP contribution in [0.4, 0.5) is 5.13 Å². The second-order valence-electron chi connectivity index (χ2n) is 5.90. The molecule has 3 aromatic rings. The largest absolute Gasteiger partial charge is 0.491 e. The average molecular weight is 351 g/mol. The van der Waals surface area contributed by atoms with Gasteiger partial charge in [0.1, 0.15) is 5.75 Å². The summed E-state index contributed by atoms with van der Waals surface area (Å²) in [5, 5.41) is 5.08. The Balaban J connectivity index is 1.69. The van der Waals surface area contributed by atoms with E-state index in [4.69, 9.17) is 4.74 Å². The summed E-state index contributed by atoms with van der Waals surface area (Å²) in [4.78, 5) is 5.80. The molecule has 0 atom stereocenters. The maximum absolute atomic E-state index is 5.70. The van der Waals surface area contributed by atoms with Crippen molar-refractivity contribution in [1.29, 1.82) is 0 Å². The Morgan fingerprint density at radius 2 is 1.92 bits per heavy atom. The van der Waals surface area contributed by atoms with Crippen molar-refractivity contribution < 1.29 is 4.74 Å². The SMILES string of the molecule is Cc1sc(N/N=C/c2cccc(OC(C)C)c2)nc1-c1ccccc1. The predicted octanol–water partition coefficient (Wildman–Crippen LogP) is 5.35. The molecular weight excluding hydrogens is 330 g/mol. The van der Waals surface area contributed by atoms with Gasteiger partial charge in [-0.3, -0.25) is 5.43 Å². The number of aryl methyl sites for hydroxylation is 1. The van der Waals surface area contributed by atoms with Crippen molar-refractivity contribution in [2.75, 3.05) is 5.43 Å². The van der Waals surface area contributed by atoms with Crippen LogP contribution < -0.4 is 10.2 Å². The summed E-state index contributed by atoms with van der Waals surface area (Å²) in [7, 11) is 0. The Kier molecular flexibility index (Phi) is 5.46. The van der Waals surface area contributed by atoms with Crippen LogP contribution in [0.1, 0.15) is 24.3 Å². The van der Waals surface area contributed by atoms with Gasteiger partial charge in [0.05, 0.1) is 18.0 Å². The fourth-order valence-corrected chi connectivity index (χ4v) is 3.20. The number of hydrogen-bond donors (Lipinski definition) is 1. The lowest BCUT2D eigenvalue weighted by Gasteiger charge is -2.09. The number of anilines is 1. The number of thiazole rings is 1. The van der Waals surface area contributed by atoms with Crippen LogP contribution in [0.2, 0.25) is 0 Å². The number of aromatic nitrogens is 1. The molecule has 0 aliphatic rings. The van der Waals surface area contributed by atoms with Crippen molar-refractivity contribution in [1.82, 2.24) is 4.98 Å². The molecule has 1 N–H and O–H groups in total. The fourth-order valence-electron chi connectivity index (χ4n) is 2.41. The van der Waals surface area contributed by atoms with Crippen molar-refractivity contribution >= 4 is 22.7 Å². The van der Waals surface area contributed by atoms with E-state index < -0.39 is 0 Å². The number of nitrogens with one attached hydrogen (secondary N) is 1. The molecule has 0 saturated carbocycles. The monoisotopic (exact) mass is 351 g/mol. The molecule has 0 aliphatic heterocycles. The Morgan fingerprint density at radius 3 is 2.68 bits per heavy atom. The minimum atomic E-state index is 0.153. The lowest BCUT2D eigenvalue weighted by Crippen LogP contribution is -2.05. The second-order valence-corrected chi connectivity index (χ2v) is 7.10.